The number of H-pyrrole nitrogens is 1. The standard InChI is InChI=1S/C23H29FN6O2/c1-14(25)19-21(27-18-5-3-2-4-6-18)28-20(29-22(19)31)16-12-30(13-16)23(32)26-11-15-7-9-17(24)10-8-15/h7-10,16,18,25H,2-6,11-13H2,1H3,(H,26,32)(H2,27,28,29,31). The van der Waals surface area contributed by atoms with Crippen LogP contribution in [0, 0.1) is 11.2 Å². The monoisotopic (exact) mass is 440 g/mol. The number of aromatic amines is 1. The van der Waals surface area contributed by atoms with Crippen molar-refractivity contribution in [3.8, 4) is 0 Å². The average Bonchev–Trinajstić information content (AvgIpc) is 2.72. The van der Waals surface area contributed by atoms with Crippen LogP contribution in [0.25, 0.3) is 0 Å². The van der Waals surface area contributed by atoms with Gasteiger partial charge in [0.2, 0.25) is 0 Å². The van der Waals surface area contributed by atoms with Crippen molar-refractivity contribution in [2.24, 2.45) is 0 Å². The van der Waals surface area contributed by atoms with Crippen LogP contribution >= 0.6 is 0 Å². The molecule has 1 saturated heterocycles. The zero-order chi connectivity index (χ0) is 22.7. The first-order valence-corrected chi connectivity index (χ1v) is 11.1. The lowest BCUT2D eigenvalue weighted by molar-refractivity contribution is 0.148. The molecule has 1 aliphatic heterocycles. The van der Waals surface area contributed by atoms with Gasteiger partial charge in [-0.1, -0.05) is 31.4 Å². The van der Waals surface area contributed by atoms with Gasteiger partial charge in [-0.25, -0.2) is 14.2 Å². The highest BCUT2D eigenvalue weighted by Gasteiger charge is 2.34. The summed E-state index contributed by atoms with van der Waals surface area (Å²) in [4.78, 5) is 34.2. The molecule has 8 nitrogen and oxygen atoms in total. The lowest BCUT2D eigenvalue weighted by Crippen LogP contribution is -2.53. The van der Waals surface area contributed by atoms with E-state index in [4.69, 9.17) is 5.41 Å². The Kier molecular flexibility index (Phi) is 6.53. The Balaban J connectivity index is 1.39. The van der Waals surface area contributed by atoms with Gasteiger partial charge in [0.05, 0.1) is 5.92 Å². The number of urea groups is 1. The molecule has 9 heteroatoms. The molecule has 4 N–H and O–H groups in total. The summed E-state index contributed by atoms with van der Waals surface area (Å²) < 4.78 is 13.0. The van der Waals surface area contributed by atoms with Gasteiger partial charge in [-0.05, 0) is 37.5 Å². The minimum Gasteiger partial charge on any atom is -0.367 e. The highest BCUT2D eigenvalue weighted by Crippen LogP contribution is 2.27. The van der Waals surface area contributed by atoms with E-state index in [2.05, 4.69) is 20.6 Å². The number of benzene rings is 1. The zero-order valence-electron chi connectivity index (χ0n) is 18.2. The number of amides is 2. The van der Waals surface area contributed by atoms with Crippen molar-refractivity contribution in [1.82, 2.24) is 20.2 Å². The van der Waals surface area contributed by atoms with Crippen LogP contribution in [-0.4, -0.2) is 45.7 Å². The predicted octanol–water partition coefficient (Wildman–Crippen LogP) is 3.35. The summed E-state index contributed by atoms with van der Waals surface area (Å²) in [7, 11) is 0. The van der Waals surface area contributed by atoms with Gasteiger partial charge in [0.15, 0.2) is 0 Å². The van der Waals surface area contributed by atoms with Crippen LogP contribution in [0.4, 0.5) is 15.0 Å². The Bertz CT molecular complexity index is 1040. The maximum Gasteiger partial charge on any atom is 0.317 e. The first-order chi connectivity index (χ1) is 15.4. The Morgan fingerprint density at radius 3 is 2.56 bits per heavy atom. The maximum absolute atomic E-state index is 13.0. The molecule has 0 bridgehead atoms. The van der Waals surface area contributed by atoms with Gasteiger partial charge in [0.1, 0.15) is 23.0 Å². The van der Waals surface area contributed by atoms with Gasteiger partial charge < -0.3 is 25.9 Å². The number of hydrogen-bond acceptors (Lipinski definition) is 5. The Hall–Kier alpha value is -3.23. The topological polar surface area (TPSA) is 114 Å². The first kappa shape index (κ1) is 22.0. The molecule has 32 heavy (non-hydrogen) atoms. The van der Waals surface area contributed by atoms with Crippen LogP contribution in [0.3, 0.4) is 0 Å². The molecule has 2 amide bonds. The van der Waals surface area contributed by atoms with Crippen molar-refractivity contribution in [2.45, 2.75) is 57.5 Å². The Morgan fingerprint density at radius 2 is 1.91 bits per heavy atom. The van der Waals surface area contributed by atoms with Crippen molar-refractivity contribution >= 4 is 17.6 Å². The summed E-state index contributed by atoms with van der Waals surface area (Å²) in [5.41, 5.74) is 0.963. The van der Waals surface area contributed by atoms with E-state index in [0.29, 0.717) is 31.3 Å². The molecule has 0 atom stereocenters. The summed E-state index contributed by atoms with van der Waals surface area (Å²) in [6.45, 7) is 2.81. The van der Waals surface area contributed by atoms with Crippen LogP contribution in [-0.2, 0) is 6.54 Å². The van der Waals surface area contributed by atoms with Gasteiger partial charge in [-0.3, -0.25) is 4.79 Å². The molecule has 1 aromatic carbocycles. The molecule has 2 heterocycles. The molecule has 2 aromatic rings. The number of nitrogens with one attached hydrogen (secondary N) is 4. The molecule has 0 radical (unpaired) electrons. The van der Waals surface area contributed by atoms with Crippen molar-refractivity contribution in [3.05, 3.63) is 57.4 Å². The first-order valence-electron chi connectivity index (χ1n) is 11.1. The van der Waals surface area contributed by atoms with Gasteiger partial charge in [0.25, 0.3) is 5.56 Å². The molecule has 2 fully saturated rings. The molecule has 170 valence electrons. The number of halogens is 1. The van der Waals surface area contributed by atoms with Crippen molar-refractivity contribution in [1.29, 1.82) is 5.41 Å². The van der Waals surface area contributed by atoms with Crippen LogP contribution in [0.5, 0.6) is 0 Å². The van der Waals surface area contributed by atoms with E-state index < -0.39 is 0 Å². The average molecular weight is 441 g/mol. The fourth-order valence-electron chi connectivity index (χ4n) is 4.29. The number of aromatic nitrogens is 2. The third kappa shape index (κ3) is 4.98. The molecule has 2 aliphatic rings. The minimum atomic E-state index is -0.319. The lowest BCUT2D eigenvalue weighted by atomic mass is 9.95. The van der Waals surface area contributed by atoms with E-state index in [9.17, 15) is 14.0 Å². The highest BCUT2D eigenvalue weighted by molar-refractivity contribution is 6.00. The lowest BCUT2D eigenvalue weighted by Gasteiger charge is -2.38. The number of carbonyl (C=O) groups excluding carboxylic acids is 1. The van der Waals surface area contributed by atoms with E-state index in [1.54, 1.807) is 24.0 Å². The summed E-state index contributed by atoms with van der Waals surface area (Å²) in [6.07, 6.45) is 5.59. The van der Waals surface area contributed by atoms with Gasteiger partial charge in [-0.15, -0.1) is 0 Å². The third-order valence-corrected chi connectivity index (χ3v) is 6.17. The number of hydrogen-bond donors (Lipinski definition) is 4. The third-order valence-electron chi connectivity index (χ3n) is 6.17. The van der Waals surface area contributed by atoms with Gasteiger partial charge in [0, 0.05) is 31.4 Å². The number of anilines is 1. The number of carbonyl (C=O) groups is 1. The normalized spacial score (nSPS) is 17.0. The number of rotatable bonds is 6. The van der Waals surface area contributed by atoms with E-state index >= 15 is 0 Å². The maximum atomic E-state index is 13.0. The molecule has 1 saturated carbocycles. The van der Waals surface area contributed by atoms with Crippen molar-refractivity contribution in [3.63, 3.8) is 0 Å². The Labute approximate surface area is 186 Å². The largest absolute Gasteiger partial charge is 0.367 e. The van der Waals surface area contributed by atoms with Crippen LogP contribution in [0.2, 0.25) is 0 Å². The molecule has 4 rings (SSSR count). The fraction of sp³-hybridized carbons (Fsp3) is 0.478. The SMILES string of the molecule is CC(=N)c1c(NC2CCCCC2)nc(C2CN(C(=O)NCc3ccc(F)cc3)C2)[nH]c1=O. The second-order valence-electron chi connectivity index (χ2n) is 8.67. The van der Waals surface area contributed by atoms with Crippen molar-refractivity contribution in [2.75, 3.05) is 18.4 Å². The zero-order valence-corrected chi connectivity index (χ0v) is 18.2. The Morgan fingerprint density at radius 1 is 1.22 bits per heavy atom. The van der Waals surface area contributed by atoms with E-state index in [1.165, 1.54) is 18.6 Å². The van der Waals surface area contributed by atoms with Gasteiger partial charge >= 0.3 is 6.03 Å². The van der Waals surface area contributed by atoms with Crippen LogP contribution in [0.15, 0.2) is 29.1 Å². The highest BCUT2D eigenvalue weighted by atomic mass is 19.1. The van der Waals surface area contributed by atoms with E-state index in [-0.39, 0.29) is 40.6 Å². The molecule has 0 unspecified atom stereocenters. The quantitative estimate of drug-likeness (QED) is 0.516. The van der Waals surface area contributed by atoms with Gasteiger partial charge in [-0.2, -0.15) is 0 Å². The second kappa shape index (κ2) is 9.50. The summed E-state index contributed by atoms with van der Waals surface area (Å²) in [5, 5.41) is 14.2. The number of likely N-dealkylation sites (tertiary alicyclic amines) is 1. The van der Waals surface area contributed by atoms with Crippen LogP contribution in [0.1, 0.15) is 61.9 Å². The van der Waals surface area contributed by atoms with E-state index in [1.807, 2.05) is 0 Å². The van der Waals surface area contributed by atoms with Crippen LogP contribution < -0.4 is 16.2 Å². The number of nitrogens with zero attached hydrogens (tertiary/aromatic N) is 2. The summed E-state index contributed by atoms with van der Waals surface area (Å²) in [6, 6.07) is 6.05. The fourth-order valence-corrected chi connectivity index (χ4v) is 4.29. The second-order valence-corrected chi connectivity index (χ2v) is 8.67. The molecular weight excluding hydrogens is 411 g/mol. The summed E-state index contributed by atoms with van der Waals surface area (Å²) >= 11 is 0. The van der Waals surface area contributed by atoms with E-state index in [0.717, 1.165) is 31.2 Å². The molecule has 1 aromatic heterocycles. The minimum absolute atomic E-state index is 0.0636. The van der Waals surface area contributed by atoms with Crippen molar-refractivity contribution < 1.29 is 9.18 Å². The molecule has 0 spiro atoms. The molecule has 1 aliphatic carbocycles. The summed E-state index contributed by atoms with van der Waals surface area (Å²) in [5.74, 6) is 0.642. The smallest absolute Gasteiger partial charge is 0.317 e. The predicted molar refractivity (Wildman–Crippen MR) is 121 cm³/mol. The molecular formula is C23H29FN6O2.